The number of nitro groups is 1. The number of thiophene rings is 1. The molecule has 1 amide bonds. The first-order valence-corrected chi connectivity index (χ1v) is 9.45. The van der Waals surface area contributed by atoms with Crippen LogP contribution in [0.3, 0.4) is 0 Å². The summed E-state index contributed by atoms with van der Waals surface area (Å²) in [7, 11) is 0. The van der Waals surface area contributed by atoms with Crippen LogP contribution in [0.1, 0.15) is 17.8 Å². The number of rotatable bonds is 6. The van der Waals surface area contributed by atoms with Gasteiger partial charge in [-0.25, -0.2) is 0 Å². The van der Waals surface area contributed by atoms with Crippen LogP contribution in [0.15, 0.2) is 41.8 Å². The zero-order valence-electron chi connectivity index (χ0n) is 14.6. The summed E-state index contributed by atoms with van der Waals surface area (Å²) in [6, 6.07) is 10.7. The van der Waals surface area contributed by atoms with E-state index in [1.807, 2.05) is 24.4 Å². The van der Waals surface area contributed by atoms with Crippen molar-refractivity contribution < 1.29 is 9.72 Å². The van der Waals surface area contributed by atoms with Gasteiger partial charge in [-0.3, -0.25) is 19.8 Å². The molecule has 0 radical (unpaired) electrons. The summed E-state index contributed by atoms with van der Waals surface area (Å²) in [5, 5.41) is 15.8. The van der Waals surface area contributed by atoms with E-state index in [1.54, 1.807) is 23.5 Å². The van der Waals surface area contributed by atoms with Gasteiger partial charge in [0.05, 0.1) is 17.5 Å². The molecule has 138 valence electrons. The predicted molar refractivity (Wildman–Crippen MR) is 103 cm³/mol. The summed E-state index contributed by atoms with van der Waals surface area (Å²) < 4.78 is 0. The molecule has 1 aliphatic heterocycles. The number of hydrogen-bond acceptors (Lipinski definition) is 6. The van der Waals surface area contributed by atoms with E-state index in [0.717, 1.165) is 36.7 Å². The Morgan fingerprint density at radius 1 is 1.23 bits per heavy atom. The van der Waals surface area contributed by atoms with Crippen LogP contribution in [0.5, 0.6) is 0 Å². The highest BCUT2D eigenvalue weighted by Crippen LogP contribution is 2.21. The van der Waals surface area contributed by atoms with Crippen molar-refractivity contribution in [2.45, 2.75) is 13.0 Å². The SMILES string of the molecule is C[C@@H](NC(=O)CN1CCN(c2ccc([N+](=O)[O-])cc2)CC1)c1cccs1. The van der Waals surface area contributed by atoms with Crippen LogP contribution in [-0.2, 0) is 4.79 Å². The number of carbonyl (C=O) groups excluding carboxylic acids is 1. The standard InChI is InChI=1S/C18H22N4O3S/c1-14(17-3-2-12-26-17)19-18(23)13-20-8-10-21(11-9-20)15-4-6-16(7-5-15)22(24)25/h2-7,12,14H,8-11,13H2,1H3,(H,19,23)/t14-/m1/s1. The monoisotopic (exact) mass is 374 g/mol. The number of nitrogens with one attached hydrogen (secondary N) is 1. The Morgan fingerprint density at radius 3 is 2.50 bits per heavy atom. The molecule has 1 atom stereocenters. The normalized spacial score (nSPS) is 16.3. The lowest BCUT2D eigenvalue weighted by Gasteiger charge is -2.35. The van der Waals surface area contributed by atoms with Crippen LogP contribution in [0, 0.1) is 10.1 Å². The molecule has 1 aliphatic rings. The van der Waals surface area contributed by atoms with E-state index in [4.69, 9.17) is 0 Å². The van der Waals surface area contributed by atoms with Gasteiger partial charge in [0, 0.05) is 48.9 Å². The quantitative estimate of drug-likeness (QED) is 0.621. The van der Waals surface area contributed by atoms with Gasteiger partial charge in [0.1, 0.15) is 0 Å². The second-order valence-corrected chi connectivity index (χ2v) is 7.32. The van der Waals surface area contributed by atoms with Crippen molar-refractivity contribution in [2.24, 2.45) is 0 Å². The minimum Gasteiger partial charge on any atom is -0.369 e. The van der Waals surface area contributed by atoms with Crippen LogP contribution in [0.25, 0.3) is 0 Å². The van der Waals surface area contributed by atoms with Crippen LogP contribution < -0.4 is 10.2 Å². The third kappa shape index (κ3) is 4.59. The van der Waals surface area contributed by atoms with Crippen molar-refractivity contribution in [1.82, 2.24) is 10.2 Å². The average molecular weight is 374 g/mol. The van der Waals surface area contributed by atoms with Crippen LogP contribution in [0.2, 0.25) is 0 Å². The van der Waals surface area contributed by atoms with E-state index in [0.29, 0.717) is 6.54 Å². The van der Waals surface area contributed by atoms with Gasteiger partial charge >= 0.3 is 0 Å². The molecule has 2 heterocycles. The summed E-state index contributed by atoms with van der Waals surface area (Å²) in [6.45, 7) is 5.56. The number of carbonyl (C=O) groups is 1. The van der Waals surface area contributed by atoms with E-state index < -0.39 is 4.92 Å². The number of piperazine rings is 1. The van der Waals surface area contributed by atoms with E-state index in [9.17, 15) is 14.9 Å². The number of nitrogens with zero attached hydrogens (tertiary/aromatic N) is 3. The van der Waals surface area contributed by atoms with Crippen molar-refractivity contribution in [3.63, 3.8) is 0 Å². The molecule has 26 heavy (non-hydrogen) atoms. The highest BCUT2D eigenvalue weighted by Gasteiger charge is 2.20. The third-order valence-corrected chi connectivity index (χ3v) is 5.57. The summed E-state index contributed by atoms with van der Waals surface area (Å²) in [6.07, 6.45) is 0. The number of nitro benzene ring substituents is 1. The molecule has 0 aliphatic carbocycles. The molecule has 0 saturated carbocycles. The molecule has 8 heteroatoms. The molecule has 2 aromatic rings. The molecule has 0 unspecified atom stereocenters. The number of anilines is 1. The highest BCUT2D eigenvalue weighted by molar-refractivity contribution is 7.10. The van der Waals surface area contributed by atoms with Gasteiger partial charge in [0.15, 0.2) is 0 Å². The van der Waals surface area contributed by atoms with Gasteiger partial charge in [-0.05, 0) is 30.5 Å². The zero-order valence-corrected chi connectivity index (χ0v) is 15.4. The lowest BCUT2D eigenvalue weighted by molar-refractivity contribution is -0.384. The van der Waals surface area contributed by atoms with Gasteiger partial charge in [0.25, 0.3) is 5.69 Å². The van der Waals surface area contributed by atoms with Crippen LogP contribution in [0.4, 0.5) is 11.4 Å². The maximum atomic E-state index is 12.2. The van der Waals surface area contributed by atoms with Crippen LogP contribution >= 0.6 is 11.3 Å². The fourth-order valence-electron chi connectivity index (χ4n) is 3.05. The van der Waals surface area contributed by atoms with Crippen molar-refractivity contribution >= 4 is 28.6 Å². The molecule has 0 spiro atoms. The highest BCUT2D eigenvalue weighted by atomic mass is 32.1. The fourth-order valence-corrected chi connectivity index (χ4v) is 3.78. The number of amides is 1. The van der Waals surface area contributed by atoms with Crippen molar-refractivity contribution in [3.05, 3.63) is 56.8 Å². The molecule has 0 bridgehead atoms. The Hall–Kier alpha value is -2.45. The molecule has 7 nitrogen and oxygen atoms in total. The van der Waals surface area contributed by atoms with E-state index in [2.05, 4.69) is 15.1 Å². The molecule has 1 aromatic carbocycles. The van der Waals surface area contributed by atoms with Gasteiger partial charge in [0.2, 0.25) is 5.91 Å². The summed E-state index contributed by atoms with van der Waals surface area (Å²) >= 11 is 1.64. The second kappa shape index (κ2) is 8.29. The largest absolute Gasteiger partial charge is 0.369 e. The first-order chi connectivity index (χ1) is 12.5. The second-order valence-electron chi connectivity index (χ2n) is 6.34. The first kappa shape index (κ1) is 18.3. The predicted octanol–water partition coefficient (Wildman–Crippen LogP) is 2.66. The van der Waals surface area contributed by atoms with Gasteiger partial charge in [-0.1, -0.05) is 6.07 Å². The summed E-state index contributed by atoms with van der Waals surface area (Å²) in [5.74, 6) is 0.0367. The molecular formula is C18H22N4O3S. The van der Waals surface area contributed by atoms with E-state index >= 15 is 0 Å². The fraction of sp³-hybridized carbons (Fsp3) is 0.389. The Labute approximate surface area is 156 Å². The van der Waals surface area contributed by atoms with Crippen molar-refractivity contribution in [1.29, 1.82) is 0 Å². The molecular weight excluding hydrogens is 352 g/mol. The minimum atomic E-state index is -0.391. The minimum absolute atomic E-state index is 0.0314. The van der Waals surface area contributed by atoms with Gasteiger partial charge in [-0.2, -0.15) is 0 Å². The lowest BCUT2D eigenvalue weighted by atomic mass is 10.2. The third-order valence-electron chi connectivity index (χ3n) is 4.51. The van der Waals surface area contributed by atoms with Crippen molar-refractivity contribution in [2.75, 3.05) is 37.6 Å². The first-order valence-electron chi connectivity index (χ1n) is 8.57. The lowest BCUT2D eigenvalue weighted by Crippen LogP contribution is -2.49. The molecule has 1 fully saturated rings. The van der Waals surface area contributed by atoms with Gasteiger partial charge in [-0.15, -0.1) is 11.3 Å². The Bertz CT molecular complexity index is 740. The summed E-state index contributed by atoms with van der Waals surface area (Å²) in [5.41, 5.74) is 1.08. The Kier molecular flexibility index (Phi) is 5.85. The van der Waals surface area contributed by atoms with Crippen molar-refractivity contribution in [3.8, 4) is 0 Å². The Balaban J connectivity index is 1.46. The topological polar surface area (TPSA) is 78.7 Å². The number of hydrogen-bond donors (Lipinski definition) is 1. The average Bonchev–Trinajstić information content (AvgIpc) is 3.17. The van der Waals surface area contributed by atoms with Crippen LogP contribution in [-0.4, -0.2) is 48.5 Å². The molecule has 1 aromatic heterocycles. The zero-order chi connectivity index (χ0) is 18.5. The van der Waals surface area contributed by atoms with Gasteiger partial charge < -0.3 is 10.2 Å². The smallest absolute Gasteiger partial charge is 0.269 e. The maximum absolute atomic E-state index is 12.2. The molecule has 1 N–H and O–H groups in total. The molecule has 3 rings (SSSR count). The maximum Gasteiger partial charge on any atom is 0.269 e. The number of non-ortho nitro benzene ring substituents is 1. The Morgan fingerprint density at radius 2 is 1.92 bits per heavy atom. The number of benzene rings is 1. The molecule has 1 saturated heterocycles. The van der Waals surface area contributed by atoms with E-state index in [-0.39, 0.29) is 17.6 Å². The van der Waals surface area contributed by atoms with E-state index in [1.165, 1.54) is 12.1 Å². The summed E-state index contributed by atoms with van der Waals surface area (Å²) in [4.78, 5) is 28.1.